The van der Waals surface area contributed by atoms with Gasteiger partial charge in [0.1, 0.15) is 18.2 Å². The van der Waals surface area contributed by atoms with Gasteiger partial charge in [0.2, 0.25) is 11.8 Å². The topological polar surface area (TPSA) is 106 Å². The van der Waals surface area contributed by atoms with E-state index in [4.69, 9.17) is 32.7 Å². The summed E-state index contributed by atoms with van der Waals surface area (Å²) < 4.78 is 26.8. The van der Waals surface area contributed by atoms with E-state index in [-0.39, 0.29) is 39.6 Å². The predicted molar refractivity (Wildman–Crippen MR) is 166 cm³/mol. The van der Waals surface area contributed by atoms with Crippen LogP contribution in [0.4, 0.5) is 15.9 Å². The number of anilines is 2. The van der Waals surface area contributed by atoms with E-state index in [1.807, 2.05) is 12.1 Å². The monoisotopic (exact) mass is 637 g/mol. The van der Waals surface area contributed by atoms with Crippen LogP contribution in [0.2, 0.25) is 10.0 Å². The van der Waals surface area contributed by atoms with Gasteiger partial charge in [0, 0.05) is 37.5 Å². The molecule has 228 valence electrons. The molecule has 44 heavy (non-hydrogen) atoms. The molecule has 1 aromatic heterocycles. The second-order valence-corrected chi connectivity index (χ2v) is 11.7. The summed E-state index contributed by atoms with van der Waals surface area (Å²) in [5, 5.41) is 6.02. The smallest absolute Gasteiger partial charge is 0.234 e. The SMILES string of the molecule is COc1cc2ncnc(Nc3ccc(Cl)c(Cl)c3F)c2cc1OC1CCN(Cc2cccc(C3CCC(=O)NC3=O)c2)CC1. The molecule has 0 spiro atoms. The van der Waals surface area contributed by atoms with Crippen LogP contribution in [0.25, 0.3) is 10.9 Å². The van der Waals surface area contributed by atoms with Crippen LogP contribution >= 0.6 is 23.2 Å². The van der Waals surface area contributed by atoms with Crippen molar-refractivity contribution >= 4 is 57.4 Å². The molecule has 0 radical (unpaired) electrons. The highest BCUT2D eigenvalue weighted by atomic mass is 35.5. The van der Waals surface area contributed by atoms with Crippen molar-refractivity contribution in [2.75, 3.05) is 25.5 Å². The fourth-order valence-electron chi connectivity index (χ4n) is 5.71. The molecule has 0 saturated carbocycles. The number of aromatic nitrogens is 2. The van der Waals surface area contributed by atoms with Gasteiger partial charge in [-0.15, -0.1) is 0 Å². The summed E-state index contributed by atoms with van der Waals surface area (Å²) in [5.41, 5.74) is 2.80. The predicted octanol–water partition coefficient (Wildman–Crippen LogP) is 6.39. The first-order valence-electron chi connectivity index (χ1n) is 14.3. The minimum Gasteiger partial charge on any atom is -0.493 e. The first-order chi connectivity index (χ1) is 21.3. The fourth-order valence-corrected chi connectivity index (χ4v) is 6.02. The molecule has 0 aliphatic carbocycles. The average Bonchev–Trinajstić information content (AvgIpc) is 3.02. The Bertz CT molecular complexity index is 1730. The summed E-state index contributed by atoms with van der Waals surface area (Å²) in [4.78, 5) is 34.9. The maximum absolute atomic E-state index is 14.8. The molecule has 0 bridgehead atoms. The lowest BCUT2D eigenvalue weighted by Gasteiger charge is -2.32. The third-order valence-corrected chi connectivity index (χ3v) is 8.82. The quantitative estimate of drug-likeness (QED) is 0.169. The molecular weight excluding hydrogens is 608 g/mol. The van der Waals surface area contributed by atoms with Gasteiger partial charge in [-0.2, -0.15) is 0 Å². The Morgan fingerprint density at radius 3 is 2.64 bits per heavy atom. The molecule has 2 fully saturated rings. The van der Waals surface area contributed by atoms with Crippen LogP contribution in [0, 0.1) is 5.82 Å². The first-order valence-corrected chi connectivity index (χ1v) is 15.1. The van der Waals surface area contributed by atoms with Crippen LogP contribution in [-0.2, 0) is 16.1 Å². The summed E-state index contributed by atoms with van der Waals surface area (Å²) in [6.45, 7) is 2.41. The highest BCUT2D eigenvalue weighted by Crippen LogP contribution is 2.38. The van der Waals surface area contributed by atoms with Gasteiger partial charge >= 0.3 is 0 Å². The van der Waals surface area contributed by atoms with Gasteiger partial charge in [-0.05, 0) is 48.6 Å². The van der Waals surface area contributed by atoms with E-state index in [1.165, 1.54) is 18.5 Å². The second-order valence-electron chi connectivity index (χ2n) is 10.9. The molecule has 4 aromatic rings. The number of benzene rings is 3. The van der Waals surface area contributed by atoms with Gasteiger partial charge in [-0.25, -0.2) is 14.4 Å². The Labute approximate surface area is 263 Å². The van der Waals surface area contributed by atoms with E-state index in [1.54, 1.807) is 19.2 Å². The summed E-state index contributed by atoms with van der Waals surface area (Å²) in [5.74, 6) is 0.0557. The van der Waals surface area contributed by atoms with Crippen LogP contribution in [0.15, 0.2) is 54.9 Å². The number of nitrogens with one attached hydrogen (secondary N) is 2. The normalized spacial score (nSPS) is 17.9. The van der Waals surface area contributed by atoms with E-state index in [0.717, 1.165) is 43.6 Å². The van der Waals surface area contributed by atoms with Crippen LogP contribution in [0.3, 0.4) is 0 Å². The van der Waals surface area contributed by atoms with E-state index in [2.05, 4.69) is 37.6 Å². The van der Waals surface area contributed by atoms with Crippen LogP contribution in [-0.4, -0.2) is 53.0 Å². The van der Waals surface area contributed by atoms with Gasteiger partial charge in [0.15, 0.2) is 17.3 Å². The Kier molecular flexibility index (Phi) is 8.83. The molecule has 2 amide bonds. The third kappa shape index (κ3) is 6.43. The lowest BCUT2D eigenvalue weighted by molar-refractivity contribution is -0.134. The summed E-state index contributed by atoms with van der Waals surface area (Å²) in [6, 6.07) is 14.6. The highest BCUT2D eigenvalue weighted by Gasteiger charge is 2.28. The molecule has 3 aromatic carbocycles. The minimum atomic E-state index is -0.676. The van der Waals surface area contributed by atoms with Crippen LogP contribution < -0.4 is 20.1 Å². The van der Waals surface area contributed by atoms with E-state index in [9.17, 15) is 14.0 Å². The zero-order valence-corrected chi connectivity index (χ0v) is 25.4. The van der Waals surface area contributed by atoms with Crippen molar-refractivity contribution in [1.29, 1.82) is 0 Å². The van der Waals surface area contributed by atoms with Crippen molar-refractivity contribution in [1.82, 2.24) is 20.2 Å². The fraction of sp³-hybridized carbons (Fsp3) is 0.312. The molecule has 6 rings (SSSR count). The summed E-state index contributed by atoms with van der Waals surface area (Å²) >= 11 is 11.9. The van der Waals surface area contributed by atoms with Crippen molar-refractivity contribution < 1.29 is 23.5 Å². The average molecular weight is 639 g/mol. The third-order valence-electron chi connectivity index (χ3n) is 8.04. The first kappa shape index (κ1) is 30.1. The number of ether oxygens (including phenoxy) is 2. The number of fused-ring (bicyclic) bond motifs is 1. The van der Waals surface area contributed by atoms with Crippen molar-refractivity contribution in [3.8, 4) is 11.5 Å². The molecule has 2 aliphatic heterocycles. The van der Waals surface area contributed by atoms with Crippen molar-refractivity contribution in [3.05, 3.63) is 81.8 Å². The van der Waals surface area contributed by atoms with Gasteiger partial charge < -0.3 is 14.8 Å². The number of likely N-dealkylation sites (tertiary alicyclic amines) is 1. The summed E-state index contributed by atoms with van der Waals surface area (Å²) in [6.07, 6.45) is 3.84. The number of carbonyl (C=O) groups excluding carboxylic acids is 2. The van der Waals surface area contributed by atoms with Gasteiger partial charge in [0.05, 0.1) is 34.3 Å². The van der Waals surface area contributed by atoms with Crippen molar-refractivity contribution in [2.45, 2.75) is 44.2 Å². The maximum Gasteiger partial charge on any atom is 0.234 e. The molecular formula is C32H30Cl2FN5O4. The lowest BCUT2D eigenvalue weighted by Crippen LogP contribution is -2.39. The highest BCUT2D eigenvalue weighted by molar-refractivity contribution is 6.42. The van der Waals surface area contributed by atoms with Crippen LogP contribution in [0.5, 0.6) is 11.5 Å². The standard InChI is InChI=1S/C32H30Cl2FN5O4/c1-43-26-15-25-22(31(37-17-36-25)38-24-7-6-23(33)29(34)30(24)35)14-27(26)44-20-9-11-40(12-10-20)16-18-3-2-4-19(13-18)21-5-8-28(41)39-32(21)42/h2-4,6-7,13-15,17,20-21H,5,8-12,16H2,1H3,(H,36,37,38)(H,39,41,42). The number of rotatable bonds is 8. The van der Waals surface area contributed by atoms with E-state index < -0.39 is 5.82 Å². The number of hydrogen-bond acceptors (Lipinski definition) is 8. The molecule has 1 atom stereocenters. The zero-order chi connectivity index (χ0) is 30.8. The number of hydrogen-bond donors (Lipinski definition) is 2. The second kappa shape index (κ2) is 12.9. The van der Waals surface area contributed by atoms with Gasteiger partial charge in [-0.1, -0.05) is 47.5 Å². The van der Waals surface area contributed by atoms with Gasteiger partial charge in [-0.3, -0.25) is 19.8 Å². The summed E-state index contributed by atoms with van der Waals surface area (Å²) in [7, 11) is 1.57. The Hall–Kier alpha value is -3.99. The minimum absolute atomic E-state index is 0.0408. The number of halogens is 3. The number of methoxy groups -OCH3 is 1. The number of amides is 2. The number of imide groups is 1. The van der Waals surface area contributed by atoms with Crippen molar-refractivity contribution in [3.63, 3.8) is 0 Å². The number of nitrogens with zero attached hydrogens (tertiary/aromatic N) is 3. The van der Waals surface area contributed by atoms with Crippen molar-refractivity contribution in [2.24, 2.45) is 0 Å². The van der Waals surface area contributed by atoms with Crippen LogP contribution in [0.1, 0.15) is 42.7 Å². The zero-order valence-electron chi connectivity index (χ0n) is 23.9. The van der Waals surface area contributed by atoms with E-state index >= 15 is 0 Å². The molecule has 1 unspecified atom stereocenters. The maximum atomic E-state index is 14.8. The Balaban J connectivity index is 1.13. The lowest BCUT2D eigenvalue weighted by atomic mass is 9.89. The number of carbonyl (C=O) groups is 2. The molecule has 2 aliphatic rings. The van der Waals surface area contributed by atoms with E-state index in [0.29, 0.717) is 41.1 Å². The molecule has 3 heterocycles. The van der Waals surface area contributed by atoms with Gasteiger partial charge in [0.25, 0.3) is 0 Å². The Morgan fingerprint density at radius 1 is 1.05 bits per heavy atom. The Morgan fingerprint density at radius 2 is 1.86 bits per heavy atom. The molecule has 12 heteroatoms. The number of piperidine rings is 2. The largest absolute Gasteiger partial charge is 0.493 e. The molecule has 2 saturated heterocycles. The molecule has 2 N–H and O–H groups in total. The molecule has 9 nitrogen and oxygen atoms in total.